The van der Waals surface area contributed by atoms with E-state index in [1.165, 1.54) is 11.8 Å². The Hall–Kier alpha value is -2.95. The van der Waals surface area contributed by atoms with Crippen LogP contribution in [0.2, 0.25) is 0 Å². The summed E-state index contributed by atoms with van der Waals surface area (Å²) in [5, 5.41) is 18.4. The molecule has 1 saturated heterocycles. The monoisotopic (exact) mass is 390 g/mol. The first kappa shape index (κ1) is 17.5. The number of thioether (sulfide) groups is 1. The summed E-state index contributed by atoms with van der Waals surface area (Å²) in [6, 6.07) is 16.3. The van der Waals surface area contributed by atoms with Gasteiger partial charge in [0.05, 0.1) is 23.9 Å². The molecule has 7 heteroatoms. The highest BCUT2D eigenvalue weighted by atomic mass is 32.2. The molecule has 0 radical (unpaired) electrons. The lowest BCUT2D eigenvalue weighted by molar-refractivity contribution is -0.115. The lowest BCUT2D eigenvalue weighted by atomic mass is 10.00. The third-order valence-corrected chi connectivity index (χ3v) is 5.38. The molecule has 4 rings (SSSR count). The fourth-order valence-corrected chi connectivity index (χ4v) is 4.06. The number of rotatable bonds is 4. The summed E-state index contributed by atoms with van der Waals surface area (Å²) in [6.07, 6.45) is 4.05. The first-order chi connectivity index (χ1) is 13.2. The maximum absolute atomic E-state index is 12.1. The summed E-state index contributed by atoms with van der Waals surface area (Å²) in [5.41, 5.74) is 2.59. The summed E-state index contributed by atoms with van der Waals surface area (Å²) in [4.78, 5) is 12.6. The molecule has 132 valence electrons. The van der Waals surface area contributed by atoms with Gasteiger partial charge in [-0.1, -0.05) is 66.4 Å². The molecule has 0 atom stereocenters. The van der Waals surface area contributed by atoms with Crippen molar-refractivity contribution in [3.63, 3.8) is 0 Å². The Morgan fingerprint density at radius 2 is 2.07 bits per heavy atom. The van der Waals surface area contributed by atoms with E-state index in [-0.39, 0.29) is 5.91 Å². The van der Waals surface area contributed by atoms with Crippen LogP contribution in [0, 0.1) is 11.3 Å². The summed E-state index contributed by atoms with van der Waals surface area (Å²) in [7, 11) is 0. The van der Waals surface area contributed by atoms with Gasteiger partial charge in [-0.3, -0.25) is 9.48 Å². The van der Waals surface area contributed by atoms with Crippen molar-refractivity contribution in [2.45, 2.75) is 13.0 Å². The van der Waals surface area contributed by atoms with Crippen molar-refractivity contribution in [2.75, 3.05) is 0 Å². The molecule has 1 fully saturated rings. The predicted octanol–water partition coefficient (Wildman–Crippen LogP) is 4.11. The molecule has 0 bridgehead atoms. The molecule has 2 aromatic carbocycles. The van der Waals surface area contributed by atoms with Crippen LogP contribution in [0.15, 0.2) is 53.6 Å². The highest BCUT2D eigenvalue weighted by molar-refractivity contribution is 8.26. The average Bonchev–Trinajstić information content (AvgIpc) is 3.22. The Bertz CT molecular complexity index is 1140. The zero-order valence-electron chi connectivity index (χ0n) is 14.2. The van der Waals surface area contributed by atoms with Gasteiger partial charge in [-0.05, 0) is 16.8 Å². The second kappa shape index (κ2) is 7.35. The second-order valence-corrected chi connectivity index (χ2v) is 7.70. The molecule has 0 spiro atoms. The Kier molecular flexibility index (Phi) is 4.75. The third-order valence-electron chi connectivity index (χ3n) is 4.22. The predicted molar refractivity (Wildman–Crippen MR) is 112 cm³/mol. The van der Waals surface area contributed by atoms with Crippen LogP contribution in [0.3, 0.4) is 0 Å². The minimum Gasteiger partial charge on any atom is -0.307 e. The fraction of sp³-hybridized carbons (Fsp3) is 0.100. The SMILES string of the molecule is N#CCCn1cc(/C=C2\SC(=S)NC2=O)c(-c2cccc3ccccc23)n1. The standard InChI is InChI=1S/C20H14N4OS2/c21-9-4-10-24-12-14(11-17-19(25)22-20(26)27-17)18(23-24)16-8-3-6-13-5-1-2-7-15(13)16/h1-3,5-8,11-12H,4,10H2,(H,22,25,26)/b17-11-. The van der Waals surface area contributed by atoms with Gasteiger partial charge in [-0.15, -0.1) is 0 Å². The van der Waals surface area contributed by atoms with Crippen molar-refractivity contribution in [2.24, 2.45) is 0 Å². The van der Waals surface area contributed by atoms with E-state index in [9.17, 15) is 4.79 Å². The second-order valence-electron chi connectivity index (χ2n) is 5.98. The smallest absolute Gasteiger partial charge is 0.263 e. The fourth-order valence-electron chi connectivity index (χ4n) is 3.03. The van der Waals surface area contributed by atoms with Crippen LogP contribution >= 0.6 is 24.0 Å². The Labute approximate surface area is 165 Å². The molecule has 0 aliphatic carbocycles. The lowest BCUT2D eigenvalue weighted by Gasteiger charge is -2.05. The molecule has 0 saturated carbocycles. The number of benzene rings is 2. The zero-order valence-corrected chi connectivity index (χ0v) is 15.8. The van der Waals surface area contributed by atoms with Gasteiger partial charge < -0.3 is 5.32 Å². The van der Waals surface area contributed by atoms with E-state index in [0.29, 0.717) is 22.2 Å². The normalized spacial score (nSPS) is 15.3. The van der Waals surface area contributed by atoms with Gasteiger partial charge in [0.2, 0.25) is 0 Å². The third kappa shape index (κ3) is 3.50. The number of thiocarbonyl (C=S) groups is 1. The van der Waals surface area contributed by atoms with Gasteiger partial charge in [-0.2, -0.15) is 10.4 Å². The lowest BCUT2D eigenvalue weighted by Crippen LogP contribution is -2.17. The molecule has 1 aliphatic heterocycles. The molecular weight excluding hydrogens is 376 g/mol. The van der Waals surface area contributed by atoms with Gasteiger partial charge in [0.25, 0.3) is 5.91 Å². The number of aromatic nitrogens is 2. The number of hydrogen-bond donors (Lipinski definition) is 1. The number of carbonyl (C=O) groups is 1. The van der Waals surface area contributed by atoms with Crippen molar-refractivity contribution in [1.82, 2.24) is 15.1 Å². The van der Waals surface area contributed by atoms with Crippen LogP contribution < -0.4 is 5.32 Å². The highest BCUT2D eigenvalue weighted by Gasteiger charge is 2.23. The molecule has 1 aliphatic rings. The Morgan fingerprint density at radius 3 is 2.85 bits per heavy atom. The van der Waals surface area contributed by atoms with Crippen LogP contribution in [0.4, 0.5) is 0 Å². The maximum Gasteiger partial charge on any atom is 0.263 e. The van der Waals surface area contributed by atoms with Gasteiger partial charge in [-0.25, -0.2) is 0 Å². The van der Waals surface area contributed by atoms with E-state index < -0.39 is 0 Å². The van der Waals surface area contributed by atoms with Crippen LogP contribution in [-0.4, -0.2) is 20.0 Å². The van der Waals surface area contributed by atoms with E-state index in [4.69, 9.17) is 22.6 Å². The Morgan fingerprint density at radius 1 is 1.26 bits per heavy atom. The first-order valence-electron chi connectivity index (χ1n) is 8.33. The number of nitrogens with zero attached hydrogens (tertiary/aromatic N) is 3. The van der Waals surface area contributed by atoms with Crippen LogP contribution in [0.25, 0.3) is 28.1 Å². The van der Waals surface area contributed by atoms with Crippen molar-refractivity contribution >= 4 is 51.1 Å². The molecule has 5 nitrogen and oxygen atoms in total. The largest absolute Gasteiger partial charge is 0.307 e. The molecule has 0 unspecified atom stereocenters. The van der Waals surface area contributed by atoms with Gasteiger partial charge >= 0.3 is 0 Å². The zero-order chi connectivity index (χ0) is 18.8. The summed E-state index contributed by atoms with van der Waals surface area (Å²) in [6.45, 7) is 0.495. The summed E-state index contributed by atoms with van der Waals surface area (Å²) < 4.78 is 2.21. The molecule has 2 heterocycles. The van der Waals surface area contributed by atoms with Crippen molar-refractivity contribution in [1.29, 1.82) is 5.26 Å². The minimum absolute atomic E-state index is 0.196. The van der Waals surface area contributed by atoms with Crippen molar-refractivity contribution in [3.05, 3.63) is 59.1 Å². The number of nitriles is 1. The number of nitrogens with one attached hydrogen (secondary N) is 1. The van der Waals surface area contributed by atoms with Gasteiger partial charge in [0, 0.05) is 17.3 Å². The van der Waals surface area contributed by atoms with E-state index in [2.05, 4.69) is 29.6 Å². The van der Waals surface area contributed by atoms with Crippen LogP contribution in [0.1, 0.15) is 12.0 Å². The van der Waals surface area contributed by atoms with E-state index in [1.807, 2.05) is 36.5 Å². The number of amides is 1. The minimum atomic E-state index is -0.196. The number of hydrogen-bond acceptors (Lipinski definition) is 5. The number of fused-ring (bicyclic) bond motifs is 1. The number of aryl methyl sites for hydroxylation is 1. The van der Waals surface area contributed by atoms with Crippen LogP contribution in [-0.2, 0) is 11.3 Å². The quantitative estimate of drug-likeness (QED) is 0.536. The molecule has 27 heavy (non-hydrogen) atoms. The van der Waals surface area contributed by atoms with Crippen LogP contribution in [0.5, 0.6) is 0 Å². The van der Waals surface area contributed by atoms with Gasteiger partial charge in [0.1, 0.15) is 10.0 Å². The average molecular weight is 390 g/mol. The van der Waals surface area contributed by atoms with E-state index in [0.717, 1.165) is 27.6 Å². The summed E-state index contributed by atoms with van der Waals surface area (Å²) >= 11 is 6.32. The molecular formula is C20H14N4OS2. The summed E-state index contributed by atoms with van der Waals surface area (Å²) in [5.74, 6) is -0.196. The Balaban J connectivity index is 1.87. The molecule has 1 N–H and O–H groups in total. The molecule has 3 aromatic rings. The maximum atomic E-state index is 12.1. The molecule has 1 aromatic heterocycles. The van der Waals surface area contributed by atoms with E-state index in [1.54, 1.807) is 4.68 Å². The highest BCUT2D eigenvalue weighted by Crippen LogP contribution is 2.33. The first-order valence-corrected chi connectivity index (χ1v) is 9.55. The van der Waals surface area contributed by atoms with Gasteiger partial charge in [0.15, 0.2) is 0 Å². The van der Waals surface area contributed by atoms with E-state index >= 15 is 0 Å². The topological polar surface area (TPSA) is 70.7 Å². The molecule has 1 amide bonds. The van der Waals surface area contributed by atoms with Crippen molar-refractivity contribution in [3.8, 4) is 17.3 Å². The number of carbonyl (C=O) groups excluding carboxylic acids is 1. The van der Waals surface area contributed by atoms with Crippen molar-refractivity contribution < 1.29 is 4.79 Å².